The predicted molar refractivity (Wildman–Crippen MR) is 67.1 cm³/mol. The van der Waals surface area contributed by atoms with Crippen LogP contribution in [0.15, 0.2) is 23.1 Å². The summed E-state index contributed by atoms with van der Waals surface area (Å²) in [6.45, 7) is 4.19. The van der Waals surface area contributed by atoms with Gasteiger partial charge in [0.05, 0.1) is 16.7 Å². The molecule has 5 nitrogen and oxygen atoms in total. The Balaban J connectivity index is 2.77. The predicted octanol–water partition coefficient (Wildman–Crippen LogP) is 1.11. The van der Waals surface area contributed by atoms with E-state index in [2.05, 4.69) is 4.72 Å². The first-order valence-corrected chi connectivity index (χ1v) is 7.01. The molecule has 0 amide bonds. The number of halogens is 1. The number of anilines is 1. The van der Waals surface area contributed by atoms with Crippen molar-refractivity contribution in [2.75, 3.05) is 18.9 Å². The second kappa shape index (κ2) is 6.12. The summed E-state index contributed by atoms with van der Waals surface area (Å²) in [5.41, 5.74) is 5.20. The van der Waals surface area contributed by atoms with Crippen molar-refractivity contribution in [2.24, 2.45) is 0 Å². The third-order valence-electron chi connectivity index (χ3n) is 2.29. The lowest BCUT2D eigenvalue weighted by atomic mass is 10.3. The quantitative estimate of drug-likeness (QED) is 0.763. The Morgan fingerprint density at radius 1 is 1.50 bits per heavy atom. The van der Waals surface area contributed by atoms with Crippen LogP contribution >= 0.6 is 0 Å². The van der Waals surface area contributed by atoms with Crippen molar-refractivity contribution in [3.8, 4) is 0 Å². The summed E-state index contributed by atoms with van der Waals surface area (Å²) < 4.78 is 44.4. The molecule has 0 fully saturated rings. The minimum Gasteiger partial charge on any atom is -0.396 e. The lowest BCUT2D eigenvalue weighted by Crippen LogP contribution is -2.32. The Kier molecular flexibility index (Phi) is 5.06. The number of sulfonamides is 1. The third kappa shape index (κ3) is 3.94. The lowest BCUT2D eigenvalue weighted by molar-refractivity contribution is 0.0799. The molecule has 1 atom stereocenters. The zero-order chi connectivity index (χ0) is 13.8. The fourth-order valence-electron chi connectivity index (χ4n) is 1.33. The summed E-state index contributed by atoms with van der Waals surface area (Å²) >= 11 is 0. The van der Waals surface area contributed by atoms with Gasteiger partial charge in [-0.15, -0.1) is 0 Å². The molecular weight excluding hydrogens is 259 g/mol. The number of ether oxygens (including phenoxy) is 1. The molecule has 0 aliphatic carbocycles. The van der Waals surface area contributed by atoms with E-state index < -0.39 is 15.8 Å². The molecule has 18 heavy (non-hydrogen) atoms. The Morgan fingerprint density at radius 3 is 2.72 bits per heavy atom. The van der Waals surface area contributed by atoms with Gasteiger partial charge in [-0.05, 0) is 32.0 Å². The van der Waals surface area contributed by atoms with Crippen LogP contribution in [0.1, 0.15) is 13.8 Å². The van der Waals surface area contributed by atoms with Gasteiger partial charge >= 0.3 is 0 Å². The molecule has 0 aromatic heterocycles. The van der Waals surface area contributed by atoms with Crippen LogP contribution in [-0.4, -0.2) is 27.7 Å². The van der Waals surface area contributed by atoms with Gasteiger partial charge in [-0.25, -0.2) is 17.5 Å². The molecule has 0 aliphatic rings. The number of hydrogen-bond donors (Lipinski definition) is 2. The smallest absolute Gasteiger partial charge is 0.240 e. The van der Waals surface area contributed by atoms with Crippen LogP contribution < -0.4 is 10.5 Å². The van der Waals surface area contributed by atoms with E-state index in [0.29, 0.717) is 6.61 Å². The summed E-state index contributed by atoms with van der Waals surface area (Å²) in [5.74, 6) is -0.754. The van der Waals surface area contributed by atoms with Crippen LogP contribution in [0.25, 0.3) is 0 Å². The van der Waals surface area contributed by atoms with E-state index in [1.165, 1.54) is 12.1 Å². The molecule has 7 heteroatoms. The summed E-state index contributed by atoms with van der Waals surface area (Å²) in [6.07, 6.45) is -0.247. The topological polar surface area (TPSA) is 81.4 Å². The van der Waals surface area contributed by atoms with Crippen LogP contribution in [0, 0.1) is 5.82 Å². The van der Waals surface area contributed by atoms with Gasteiger partial charge in [-0.3, -0.25) is 0 Å². The van der Waals surface area contributed by atoms with Crippen LogP contribution in [0.4, 0.5) is 10.1 Å². The van der Waals surface area contributed by atoms with Crippen LogP contribution in [0.2, 0.25) is 0 Å². The third-order valence-corrected chi connectivity index (χ3v) is 3.72. The van der Waals surface area contributed by atoms with E-state index >= 15 is 0 Å². The molecule has 0 spiro atoms. The molecule has 1 aromatic carbocycles. The Morgan fingerprint density at radius 2 is 2.17 bits per heavy atom. The van der Waals surface area contributed by atoms with Gasteiger partial charge in [0.1, 0.15) is 5.82 Å². The normalized spacial score (nSPS) is 13.5. The van der Waals surface area contributed by atoms with Crippen LogP contribution in [0.3, 0.4) is 0 Å². The number of nitrogens with two attached hydrogens (primary N) is 1. The van der Waals surface area contributed by atoms with Gasteiger partial charge in [-0.2, -0.15) is 0 Å². The first-order valence-electron chi connectivity index (χ1n) is 5.53. The van der Waals surface area contributed by atoms with Crippen LogP contribution in [0.5, 0.6) is 0 Å². The average Bonchev–Trinajstić information content (AvgIpc) is 2.30. The Hall–Kier alpha value is -1.18. The first-order chi connectivity index (χ1) is 8.36. The van der Waals surface area contributed by atoms with Gasteiger partial charge in [0.15, 0.2) is 0 Å². The maximum atomic E-state index is 13.2. The van der Waals surface area contributed by atoms with Crippen molar-refractivity contribution in [2.45, 2.75) is 24.8 Å². The summed E-state index contributed by atoms with van der Waals surface area (Å²) in [7, 11) is -3.74. The number of nitrogen functional groups attached to an aromatic ring is 1. The highest BCUT2D eigenvalue weighted by Crippen LogP contribution is 2.16. The summed E-state index contributed by atoms with van der Waals surface area (Å²) in [5, 5.41) is 0. The fourth-order valence-corrected chi connectivity index (χ4v) is 2.46. The molecule has 0 aliphatic heterocycles. The molecule has 1 aromatic rings. The molecule has 0 saturated carbocycles. The lowest BCUT2D eigenvalue weighted by Gasteiger charge is -2.13. The second-order valence-corrected chi connectivity index (χ2v) is 5.57. The summed E-state index contributed by atoms with van der Waals surface area (Å²) in [4.78, 5) is -0.155. The molecule has 3 N–H and O–H groups in total. The Labute approximate surface area is 106 Å². The number of hydrogen-bond acceptors (Lipinski definition) is 4. The zero-order valence-electron chi connectivity index (χ0n) is 10.3. The zero-order valence-corrected chi connectivity index (χ0v) is 11.1. The van der Waals surface area contributed by atoms with Gasteiger partial charge < -0.3 is 10.5 Å². The monoisotopic (exact) mass is 276 g/mol. The highest BCUT2D eigenvalue weighted by atomic mass is 32.2. The highest BCUT2D eigenvalue weighted by Gasteiger charge is 2.16. The van der Waals surface area contributed by atoms with E-state index in [9.17, 15) is 12.8 Å². The molecule has 0 radical (unpaired) electrons. The van der Waals surface area contributed by atoms with Gasteiger partial charge in [0, 0.05) is 13.2 Å². The van der Waals surface area contributed by atoms with Crippen molar-refractivity contribution in [1.82, 2.24) is 4.72 Å². The van der Waals surface area contributed by atoms with Gasteiger partial charge in [-0.1, -0.05) is 0 Å². The molecule has 1 rings (SSSR count). The molecule has 0 saturated heterocycles. The van der Waals surface area contributed by atoms with E-state index in [-0.39, 0.29) is 23.2 Å². The van der Waals surface area contributed by atoms with E-state index in [1.54, 1.807) is 6.92 Å². The van der Waals surface area contributed by atoms with Gasteiger partial charge in [0.25, 0.3) is 0 Å². The summed E-state index contributed by atoms with van der Waals surface area (Å²) in [6, 6.07) is 3.37. The van der Waals surface area contributed by atoms with Crippen molar-refractivity contribution >= 4 is 15.7 Å². The SMILES string of the molecule is CCOC(C)CNS(=O)(=O)c1ccc(N)c(F)c1. The average molecular weight is 276 g/mol. The minimum atomic E-state index is -3.74. The molecule has 0 bridgehead atoms. The van der Waals surface area contributed by atoms with Gasteiger partial charge in [0.2, 0.25) is 10.0 Å². The minimum absolute atomic E-state index is 0.0864. The molecule has 0 heterocycles. The fraction of sp³-hybridized carbons (Fsp3) is 0.455. The second-order valence-electron chi connectivity index (χ2n) is 3.80. The Bertz CT molecular complexity index is 505. The molecular formula is C11H17FN2O3S. The van der Waals surface area contributed by atoms with Crippen molar-refractivity contribution in [1.29, 1.82) is 0 Å². The number of nitrogens with one attached hydrogen (secondary N) is 1. The van der Waals surface area contributed by atoms with E-state index in [4.69, 9.17) is 10.5 Å². The maximum Gasteiger partial charge on any atom is 0.240 e. The van der Waals surface area contributed by atoms with E-state index in [0.717, 1.165) is 6.07 Å². The largest absolute Gasteiger partial charge is 0.396 e. The van der Waals surface area contributed by atoms with Crippen molar-refractivity contribution in [3.05, 3.63) is 24.0 Å². The highest BCUT2D eigenvalue weighted by molar-refractivity contribution is 7.89. The number of benzene rings is 1. The standard InChI is InChI=1S/C11H17FN2O3S/c1-3-17-8(2)7-14-18(15,16)9-4-5-11(13)10(12)6-9/h4-6,8,14H,3,7,13H2,1-2H3. The first kappa shape index (κ1) is 14.9. The van der Waals surface area contributed by atoms with Crippen molar-refractivity contribution < 1.29 is 17.5 Å². The maximum absolute atomic E-state index is 13.2. The van der Waals surface area contributed by atoms with Crippen molar-refractivity contribution in [3.63, 3.8) is 0 Å². The molecule has 1 unspecified atom stereocenters. The molecule has 102 valence electrons. The van der Waals surface area contributed by atoms with Crippen LogP contribution in [-0.2, 0) is 14.8 Å². The number of rotatable bonds is 6. The van der Waals surface area contributed by atoms with E-state index in [1.807, 2.05) is 6.92 Å².